The smallest absolute Gasteiger partial charge is 0.254 e. The Hall–Kier alpha value is -1.75. The van der Waals surface area contributed by atoms with E-state index in [2.05, 4.69) is 10.6 Å². The highest BCUT2D eigenvalue weighted by atomic mass is 35.5. The monoisotopic (exact) mass is 325 g/mol. The molecule has 5 nitrogen and oxygen atoms in total. The zero-order valence-electron chi connectivity index (χ0n) is 13.5. The molecule has 122 valence electrons. The topological polar surface area (TPSA) is 61.4 Å². The van der Waals surface area contributed by atoms with Gasteiger partial charge < -0.3 is 15.5 Å². The molecule has 2 rings (SSSR count). The van der Waals surface area contributed by atoms with Crippen LogP contribution < -0.4 is 10.6 Å². The molecule has 1 aromatic carbocycles. The molecule has 0 saturated heterocycles. The largest absolute Gasteiger partial charge is 0.384 e. The van der Waals surface area contributed by atoms with E-state index in [-0.39, 0.29) is 36.3 Å². The van der Waals surface area contributed by atoms with Crippen LogP contribution in [-0.2, 0) is 11.2 Å². The van der Waals surface area contributed by atoms with Crippen LogP contribution in [0.4, 0.5) is 5.69 Å². The van der Waals surface area contributed by atoms with Crippen molar-refractivity contribution < 1.29 is 9.59 Å². The van der Waals surface area contributed by atoms with Crippen molar-refractivity contribution in [3.63, 3.8) is 0 Å². The number of nitrogens with one attached hydrogen (secondary N) is 2. The number of hydrogen-bond acceptors (Lipinski definition) is 3. The fourth-order valence-corrected chi connectivity index (χ4v) is 2.40. The number of amides is 2. The molecule has 2 N–H and O–H groups in total. The maximum Gasteiger partial charge on any atom is 0.254 e. The van der Waals surface area contributed by atoms with Crippen molar-refractivity contribution in [2.24, 2.45) is 0 Å². The zero-order valence-corrected chi connectivity index (χ0v) is 14.3. The molecule has 0 saturated carbocycles. The van der Waals surface area contributed by atoms with Crippen LogP contribution in [0.15, 0.2) is 18.2 Å². The highest BCUT2D eigenvalue weighted by Gasteiger charge is 2.20. The first-order valence-electron chi connectivity index (χ1n) is 7.19. The average Bonchev–Trinajstić information content (AvgIpc) is 2.82. The first-order valence-corrected chi connectivity index (χ1v) is 7.19. The minimum Gasteiger partial charge on any atom is -0.384 e. The van der Waals surface area contributed by atoms with Crippen LogP contribution in [0.25, 0.3) is 0 Å². The molecule has 0 bridgehead atoms. The van der Waals surface area contributed by atoms with Crippen molar-refractivity contribution in [3.8, 4) is 0 Å². The standard InChI is InChI=1S/C16H23N3O2.ClH/c1-16(2,3)18-14(20)10-19(4)15(21)12-5-6-13-11(9-12)7-8-17-13;/h5-6,9,17H,7-8,10H2,1-4H3,(H,18,20);1H. The van der Waals surface area contributed by atoms with Gasteiger partial charge in [-0.15, -0.1) is 12.4 Å². The molecule has 0 radical (unpaired) electrons. The molecule has 0 fully saturated rings. The number of fused-ring (bicyclic) bond motifs is 1. The molecule has 22 heavy (non-hydrogen) atoms. The minimum absolute atomic E-state index is 0. The molecule has 1 aliphatic heterocycles. The number of nitrogens with zero attached hydrogens (tertiary/aromatic N) is 1. The summed E-state index contributed by atoms with van der Waals surface area (Å²) in [5, 5.41) is 6.12. The molecule has 0 unspecified atom stereocenters. The predicted octanol–water partition coefficient (Wildman–Crippen LogP) is 2.06. The fraction of sp³-hybridized carbons (Fsp3) is 0.500. The fourth-order valence-electron chi connectivity index (χ4n) is 2.40. The van der Waals surface area contributed by atoms with Crippen molar-refractivity contribution in [1.29, 1.82) is 0 Å². The number of hydrogen-bond donors (Lipinski definition) is 2. The highest BCUT2D eigenvalue weighted by molar-refractivity contribution is 5.97. The lowest BCUT2D eigenvalue weighted by Crippen LogP contribution is -2.46. The summed E-state index contributed by atoms with van der Waals surface area (Å²) in [6.07, 6.45) is 0.935. The molecular weight excluding hydrogens is 302 g/mol. The predicted molar refractivity (Wildman–Crippen MR) is 90.7 cm³/mol. The highest BCUT2D eigenvalue weighted by Crippen LogP contribution is 2.23. The van der Waals surface area contributed by atoms with E-state index in [0.29, 0.717) is 5.56 Å². The summed E-state index contributed by atoms with van der Waals surface area (Å²) in [4.78, 5) is 25.7. The van der Waals surface area contributed by atoms with Gasteiger partial charge in [-0.05, 0) is 51.0 Å². The Kier molecular flexibility index (Phi) is 5.83. The average molecular weight is 326 g/mol. The summed E-state index contributed by atoms with van der Waals surface area (Å²) in [5.74, 6) is -0.282. The third-order valence-electron chi connectivity index (χ3n) is 3.30. The Bertz CT molecular complexity index is 567. The van der Waals surface area contributed by atoms with Crippen LogP contribution in [0.3, 0.4) is 0 Å². The number of rotatable bonds is 3. The Balaban J connectivity index is 0.00000242. The maximum atomic E-state index is 12.4. The second-order valence-corrected chi connectivity index (χ2v) is 6.51. The zero-order chi connectivity index (χ0) is 15.6. The maximum absolute atomic E-state index is 12.4. The van der Waals surface area contributed by atoms with Crippen molar-refractivity contribution in [2.45, 2.75) is 32.7 Å². The first-order chi connectivity index (χ1) is 9.76. The molecule has 6 heteroatoms. The van der Waals surface area contributed by atoms with E-state index in [0.717, 1.165) is 24.2 Å². The van der Waals surface area contributed by atoms with E-state index >= 15 is 0 Å². The minimum atomic E-state index is -0.291. The molecule has 0 aliphatic carbocycles. The number of anilines is 1. The molecule has 0 atom stereocenters. The van der Waals surface area contributed by atoms with Gasteiger partial charge in [-0.2, -0.15) is 0 Å². The van der Waals surface area contributed by atoms with Gasteiger partial charge in [0.05, 0.1) is 6.54 Å². The molecule has 1 heterocycles. The van der Waals surface area contributed by atoms with E-state index in [1.165, 1.54) is 4.90 Å². The Morgan fingerprint density at radius 2 is 2.00 bits per heavy atom. The summed E-state index contributed by atoms with van der Waals surface area (Å²) in [5.41, 5.74) is 2.59. The third kappa shape index (κ3) is 4.63. The number of benzene rings is 1. The van der Waals surface area contributed by atoms with E-state index < -0.39 is 0 Å². The van der Waals surface area contributed by atoms with Gasteiger partial charge in [0, 0.05) is 30.4 Å². The lowest BCUT2D eigenvalue weighted by Gasteiger charge is -2.23. The Morgan fingerprint density at radius 1 is 1.32 bits per heavy atom. The van der Waals surface area contributed by atoms with E-state index in [4.69, 9.17) is 0 Å². The van der Waals surface area contributed by atoms with E-state index in [1.807, 2.05) is 32.9 Å². The van der Waals surface area contributed by atoms with Gasteiger partial charge in [0.1, 0.15) is 0 Å². The number of likely N-dealkylation sites (N-methyl/N-ethyl adjacent to an activating group) is 1. The van der Waals surface area contributed by atoms with Crippen LogP contribution in [-0.4, -0.2) is 42.4 Å². The third-order valence-corrected chi connectivity index (χ3v) is 3.30. The normalized spacial score (nSPS) is 12.7. The van der Waals surface area contributed by atoms with Gasteiger partial charge in [0.25, 0.3) is 5.91 Å². The number of halogens is 1. The quantitative estimate of drug-likeness (QED) is 0.894. The lowest BCUT2D eigenvalue weighted by atomic mass is 10.1. The van der Waals surface area contributed by atoms with Crippen molar-refractivity contribution in [1.82, 2.24) is 10.2 Å². The summed E-state index contributed by atoms with van der Waals surface area (Å²) in [6, 6.07) is 5.64. The van der Waals surface area contributed by atoms with Gasteiger partial charge in [0.15, 0.2) is 0 Å². The molecule has 0 aromatic heterocycles. The molecule has 0 spiro atoms. The van der Waals surface area contributed by atoms with Crippen LogP contribution in [0.2, 0.25) is 0 Å². The van der Waals surface area contributed by atoms with Gasteiger partial charge in [-0.25, -0.2) is 0 Å². The summed E-state index contributed by atoms with van der Waals surface area (Å²) in [6.45, 7) is 6.73. The summed E-state index contributed by atoms with van der Waals surface area (Å²) in [7, 11) is 1.65. The van der Waals surface area contributed by atoms with Crippen LogP contribution in [0.5, 0.6) is 0 Å². The SMILES string of the molecule is CN(CC(=O)NC(C)(C)C)C(=O)c1ccc2c(c1)CCN2.Cl. The first kappa shape index (κ1) is 18.3. The van der Waals surface area contributed by atoms with Gasteiger partial charge in [-0.3, -0.25) is 9.59 Å². The lowest BCUT2D eigenvalue weighted by molar-refractivity contribution is -0.122. The Morgan fingerprint density at radius 3 is 2.64 bits per heavy atom. The van der Waals surface area contributed by atoms with Gasteiger partial charge in [0.2, 0.25) is 5.91 Å². The van der Waals surface area contributed by atoms with Gasteiger partial charge in [-0.1, -0.05) is 0 Å². The second kappa shape index (κ2) is 7.01. The number of carbonyl (C=O) groups is 2. The molecule has 1 aromatic rings. The van der Waals surface area contributed by atoms with Crippen molar-refractivity contribution >= 4 is 29.9 Å². The van der Waals surface area contributed by atoms with Gasteiger partial charge >= 0.3 is 0 Å². The number of carbonyl (C=O) groups excluding carboxylic acids is 2. The molecular formula is C16H24ClN3O2. The van der Waals surface area contributed by atoms with Crippen LogP contribution >= 0.6 is 12.4 Å². The summed E-state index contributed by atoms with van der Waals surface area (Å²) < 4.78 is 0. The Labute approximate surface area is 137 Å². The van der Waals surface area contributed by atoms with Crippen LogP contribution in [0, 0.1) is 0 Å². The van der Waals surface area contributed by atoms with Crippen LogP contribution in [0.1, 0.15) is 36.7 Å². The summed E-state index contributed by atoms with van der Waals surface area (Å²) >= 11 is 0. The molecule has 1 aliphatic rings. The van der Waals surface area contributed by atoms with E-state index in [1.54, 1.807) is 13.1 Å². The van der Waals surface area contributed by atoms with Crippen molar-refractivity contribution in [3.05, 3.63) is 29.3 Å². The molecule has 2 amide bonds. The van der Waals surface area contributed by atoms with Crippen molar-refractivity contribution in [2.75, 3.05) is 25.5 Å². The second-order valence-electron chi connectivity index (χ2n) is 6.51. The van der Waals surface area contributed by atoms with E-state index in [9.17, 15) is 9.59 Å².